The smallest absolute Gasteiger partial charge is 0.0221 e. The van der Waals surface area contributed by atoms with Gasteiger partial charge in [0.1, 0.15) is 0 Å². The molecule has 0 radical (unpaired) electrons. The third-order valence-electron chi connectivity index (χ3n) is 4.38. The van der Waals surface area contributed by atoms with Crippen molar-refractivity contribution in [3.05, 3.63) is 0 Å². The van der Waals surface area contributed by atoms with E-state index in [0.29, 0.717) is 6.04 Å². The molecule has 0 spiro atoms. The topological polar surface area (TPSA) is 15.3 Å². The highest BCUT2D eigenvalue weighted by Gasteiger charge is 2.26. The number of piperazine rings is 1. The Morgan fingerprint density at radius 2 is 2.00 bits per heavy atom. The molecule has 1 aliphatic rings. The SMILES string of the molecule is CCCCC(CC)CN1CC(C)NCC1CCC. The Morgan fingerprint density at radius 3 is 2.61 bits per heavy atom. The van der Waals surface area contributed by atoms with Crippen LogP contribution >= 0.6 is 0 Å². The summed E-state index contributed by atoms with van der Waals surface area (Å²) in [6, 6.07) is 1.45. The van der Waals surface area contributed by atoms with E-state index in [1.807, 2.05) is 0 Å². The first-order chi connectivity index (χ1) is 8.71. The third kappa shape index (κ3) is 5.27. The van der Waals surface area contributed by atoms with Crippen molar-refractivity contribution in [1.82, 2.24) is 10.2 Å². The Balaban J connectivity index is 2.47. The normalized spacial score (nSPS) is 27.3. The van der Waals surface area contributed by atoms with Crippen molar-refractivity contribution in [2.24, 2.45) is 5.92 Å². The van der Waals surface area contributed by atoms with Crippen LogP contribution < -0.4 is 5.32 Å². The van der Waals surface area contributed by atoms with Crippen LogP contribution in [0.1, 0.15) is 66.2 Å². The minimum atomic E-state index is 0.668. The molecule has 3 unspecified atom stereocenters. The van der Waals surface area contributed by atoms with E-state index < -0.39 is 0 Å². The summed E-state index contributed by atoms with van der Waals surface area (Å²) < 4.78 is 0. The van der Waals surface area contributed by atoms with E-state index >= 15 is 0 Å². The summed E-state index contributed by atoms with van der Waals surface area (Å²) in [6.45, 7) is 13.1. The van der Waals surface area contributed by atoms with Gasteiger partial charge in [0.25, 0.3) is 0 Å². The molecule has 3 atom stereocenters. The second-order valence-corrected chi connectivity index (χ2v) is 6.12. The van der Waals surface area contributed by atoms with Gasteiger partial charge in [0.15, 0.2) is 0 Å². The molecular weight excluding hydrogens is 220 g/mol. The summed E-state index contributed by atoms with van der Waals surface area (Å²) in [5.74, 6) is 0.912. The second-order valence-electron chi connectivity index (χ2n) is 6.12. The molecule has 0 aromatic heterocycles. The molecule has 0 aliphatic carbocycles. The fourth-order valence-electron chi connectivity index (χ4n) is 3.12. The summed E-state index contributed by atoms with van der Waals surface area (Å²) in [6.07, 6.45) is 8.17. The highest BCUT2D eigenvalue weighted by Crippen LogP contribution is 2.19. The predicted octanol–water partition coefficient (Wildman–Crippen LogP) is 3.67. The lowest BCUT2D eigenvalue weighted by Crippen LogP contribution is -2.56. The molecule has 1 N–H and O–H groups in total. The zero-order valence-corrected chi connectivity index (χ0v) is 13.0. The van der Waals surface area contributed by atoms with Gasteiger partial charge in [0.2, 0.25) is 0 Å². The number of rotatable bonds is 8. The first-order valence-electron chi connectivity index (χ1n) is 8.18. The van der Waals surface area contributed by atoms with Gasteiger partial charge in [-0.25, -0.2) is 0 Å². The molecule has 1 rings (SSSR count). The number of hydrogen-bond acceptors (Lipinski definition) is 2. The zero-order valence-electron chi connectivity index (χ0n) is 13.0. The molecule has 0 aromatic rings. The first-order valence-corrected chi connectivity index (χ1v) is 8.18. The van der Waals surface area contributed by atoms with E-state index in [2.05, 4.69) is 37.9 Å². The number of nitrogens with zero attached hydrogens (tertiary/aromatic N) is 1. The lowest BCUT2D eigenvalue weighted by Gasteiger charge is -2.41. The van der Waals surface area contributed by atoms with Crippen LogP contribution in [0.15, 0.2) is 0 Å². The van der Waals surface area contributed by atoms with Crippen LogP contribution in [0.2, 0.25) is 0 Å². The Bertz CT molecular complexity index is 205. The Labute approximate surface area is 115 Å². The van der Waals surface area contributed by atoms with E-state index in [9.17, 15) is 0 Å². The van der Waals surface area contributed by atoms with Gasteiger partial charge in [-0.05, 0) is 25.7 Å². The summed E-state index contributed by atoms with van der Waals surface area (Å²) in [7, 11) is 0. The van der Waals surface area contributed by atoms with Gasteiger partial charge < -0.3 is 5.32 Å². The summed E-state index contributed by atoms with van der Waals surface area (Å²) in [5.41, 5.74) is 0. The highest BCUT2D eigenvalue weighted by atomic mass is 15.2. The summed E-state index contributed by atoms with van der Waals surface area (Å²) in [4.78, 5) is 2.77. The van der Waals surface area contributed by atoms with Crippen molar-refractivity contribution in [3.8, 4) is 0 Å². The van der Waals surface area contributed by atoms with Gasteiger partial charge in [-0.1, -0.05) is 46.5 Å². The average Bonchev–Trinajstić information content (AvgIpc) is 2.37. The van der Waals surface area contributed by atoms with E-state index in [4.69, 9.17) is 0 Å². The molecule has 1 fully saturated rings. The monoisotopic (exact) mass is 254 g/mol. The molecule has 1 heterocycles. The number of hydrogen-bond donors (Lipinski definition) is 1. The second kappa shape index (κ2) is 8.92. The predicted molar refractivity (Wildman–Crippen MR) is 81.0 cm³/mol. The van der Waals surface area contributed by atoms with Crippen molar-refractivity contribution < 1.29 is 0 Å². The molecule has 0 aromatic carbocycles. The highest BCUT2D eigenvalue weighted by molar-refractivity contribution is 4.85. The van der Waals surface area contributed by atoms with Crippen molar-refractivity contribution in [2.45, 2.75) is 78.3 Å². The van der Waals surface area contributed by atoms with Crippen molar-refractivity contribution in [3.63, 3.8) is 0 Å². The van der Waals surface area contributed by atoms with Gasteiger partial charge in [0, 0.05) is 31.7 Å². The van der Waals surface area contributed by atoms with E-state index in [0.717, 1.165) is 12.0 Å². The lowest BCUT2D eigenvalue weighted by atomic mass is 9.96. The van der Waals surface area contributed by atoms with Crippen LogP contribution in [-0.2, 0) is 0 Å². The lowest BCUT2D eigenvalue weighted by molar-refractivity contribution is 0.104. The molecule has 0 saturated carbocycles. The maximum absolute atomic E-state index is 3.64. The van der Waals surface area contributed by atoms with Crippen LogP contribution in [-0.4, -0.2) is 36.6 Å². The summed E-state index contributed by atoms with van der Waals surface area (Å²) in [5, 5.41) is 3.64. The Morgan fingerprint density at radius 1 is 1.22 bits per heavy atom. The van der Waals surface area contributed by atoms with Crippen molar-refractivity contribution in [1.29, 1.82) is 0 Å². The number of nitrogens with one attached hydrogen (secondary N) is 1. The Kier molecular flexibility index (Phi) is 7.92. The van der Waals surface area contributed by atoms with Gasteiger partial charge in [-0.2, -0.15) is 0 Å². The number of unbranched alkanes of at least 4 members (excludes halogenated alkanes) is 1. The molecule has 1 saturated heterocycles. The molecule has 2 nitrogen and oxygen atoms in total. The molecule has 2 heteroatoms. The quantitative estimate of drug-likeness (QED) is 0.711. The minimum Gasteiger partial charge on any atom is -0.311 e. The van der Waals surface area contributed by atoms with Crippen LogP contribution in [0.25, 0.3) is 0 Å². The molecule has 18 heavy (non-hydrogen) atoms. The molecular formula is C16H34N2. The standard InChI is InChI=1S/C16H34N2/c1-5-8-10-15(7-3)13-18-12-14(4)17-11-16(18)9-6-2/h14-17H,5-13H2,1-4H3. The van der Waals surface area contributed by atoms with Gasteiger partial charge in [-0.3, -0.25) is 4.90 Å². The van der Waals surface area contributed by atoms with Crippen molar-refractivity contribution in [2.75, 3.05) is 19.6 Å². The maximum atomic E-state index is 3.64. The molecule has 0 amide bonds. The van der Waals surface area contributed by atoms with Crippen LogP contribution in [0.4, 0.5) is 0 Å². The van der Waals surface area contributed by atoms with Gasteiger partial charge in [0.05, 0.1) is 0 Å². The zero-order chi connectivity index (χ0) is 13.4. The molecule has 108 valence electrons. The summed E-state index contributed by atoms with van der Waals surface area (Å²) >= 11 is 0. The fraction of sp³-hybridized carbons (Fsp3) is 1.00. The van der Waals surface area contributed by atoms with E-state index in [1.165, 1.54) is 58.2 Å². The van der Waals surface area contributed by atoms with E-state index in [-0.39, 0.29) is 0 Å². The molecule has 0 bridgehead atoms. The maximum Gasteiger partial charge on any atom is 0.0221 e. The van der Waals surface area contributed by atoms with Crippen LogP contribution in [0.5, 0.6) is 0 Å². The fourth-order valence-corrected chi connectivity index (χ4v) is 3.12. The average molecular weight is 254 g/mol. The van der Waals surface area contributed by atoms with Crippen LogP contribution in [0.3, 0.4) is 0 Å². The Hall–Kier alpha value is -0.0800. The minimum absolute atomic E-state index is 0.668. The molecule has 1 aliphatic heterocycles. The van der Waals surface area contributed by atoms with Gasteiger partial charge >= 0.3 is 0 Å². The largest absolute Gasteiger partial charge is 0.311 e. The van der Waals surface area contributed by atoms with Crippen molar-refractivity contribution >= 4 is 0 Å². The first kappa shape index (κ1) is 16.0. The van der Waals surface area contributed by atoms with E-state index in [1.54, 1.807) is 0 Å². The van der Waals surface area contributed by atoms with Gasteiger partial charge in [-0.15, -0.1) is 0 Å². The third-order valence-corrected chi connectivity index (χ3v) is 4.38. The van der Waals surface area contributed by atoms with Crippen LogP contribution in [0, 0.1) is 5.92 Å².